The van der Waals surface area contributed by atoms with E-state index in [1.165, 1.54) is 24.5 Å². The zero-order chi connectivity index (χ0) is 16.4. The lowest BCUT2D eigenvalue weighted by Gasteiger charge is -2.20. The molecule has 2 rings (SSSR count). The van der Waals surface area contributed by atoms with E-state index in [2.05, 4.69) is 10.0 Å². The second kappa shape index (κ2) is 5.94. The van der Waals surface area contributed by atoms with Crippen LogP contribution in [-0.4, -0.2) is 19.9 Å². The first-order valence-electron chi connectivity index (χ1n) is 6.66. The minimum atomic E-state index is -3.65. The Balaban J connectivity index is 2.22. The molecule has 0 unspecified atom stereocenters. The lowest BCUT2D eigenvalue weighted by molar-refractivity contribution is 0.0996. The van der Waals surface area contributed by atoms with Crippen molar-refractivity contribution in [1.82, 2.24) is 4.72 Å². The summed E-state index contributed by atoms with van der Waals surface area (Å²) in [6, 6.07) is 9.16. The molecule has 0 spiro atoms. The summed E-state index contributed by atoms with van der Waals surface area (Å²) in [5, 5.41) is 2.59. The standard InChI is InChI=1S/C15H18N2O4S/c1-15(2,3)17-22(19,20)12-7-4-6-11(10-12)16-14(18)13-8-5-9-21-13/h4-10,17H,1-3H3,(H,16,18). The number of hydrogen-bond acceptors (Lipinski definition) is 4. The van der Waals surface area contributed by atoms with Gasteiger partial charge in [0.25, 0.3) is 5.91 Å². The van der Waals surface area contributed by atoms with E-state index < -0.39 is 21.5 Å². The molecule has 0 aliphatic heterocycles. The zero-order valence-corrected chi connectivity index (χ0v) is 13.4. The van der Waals surface area contributed by atoms with Crippen LogP contribution in [0.1, 0.15) is 31.3 Å². The monoisotopic (exact) mass is 322 g/mol. The summed E-state index contributed by atoms with van der Waals surface area (Å²) in [4.78, 5) is 12.0. The summed E-state index contributed by atoms with van der Waals surface area (Å²) in [5.74, 6) is -0.288. The summed E-state index contributed by atoms with van der Waals surface area (Å²) in [7, 11) is -3.65. The van der Waals surface area contributed by atoms with E-state index in [0.717, 1.165) is 0 Å². The number of furan rings is 1. The number of benzene rings is 1. The van der Waals surface area contributed by atoms with Crippen LogP contribution < -0.4 is 10.0 Å². The molecule has 0 saturated heterocycles. The van der Waals surface area contributed by atoms with Gasteiger partial charge in [-0.15, -0.1) is 0 Å². The molecule has 1 aromatic carbocycles. The van der Waals surface area contributed by atoms with Crippen LogP contribution in [0, 0.1) is 0 Å². The second-order valence-corrected chi connectivity index (χ2v) is 7.50. The summed E-state index contributed by atoms with van der Waals surface area (Å²) in [5.41, 5.74) is -0.218. The van der Waals surface area contributed by atoms with E-state index >= 15 is 0 Å². The van der Waals surface area contributed by atoms with Crippen LogP contribution in [0.4, 0.5) is 5.69 Å². The van der Waals surface area contributed by atoms with Crippen molar-refractivity contribution in [2.45, 2.75) is 31.2 Å². The Morgan fingerprint density at radius 2 is 1.86 bits per heavy atom. The average molecular weight is 322 g/mol. The Hall–Kier alpha value is -2.12. The van der Waals surface area contributed by atoms with Crippen molar-refractivity contribution in [2.24, 2.45) is 0 Å². The minimum absolute atomic E-state index is 0.0830. The highest BCUT2D eigenvalue weighted by molar-refractivity contribution is 7.89. The fourth-order valence-electron chi connectivity index (χ4n) is 1.80. The van der Waals surface area contributed by atoms with Gasteiger partial charge in [0.15, 0.2) is 5.76 Å². The quantitative estimate of drug-likeness (QED) is 0.905. The predicted molar refractivity (Wildman–Crippen MR) is 83.2 cm³/mol. The summed E-state index contributed by atoms with van der Waals surface area (Å²) >= 11 is 0. The number of hydrogen-bond donors (Lipinski definition) is 2. The van der Waals surface area contributed by atoms with Gasteiger partial charge in [0.2, 0.25) is 10.0 Å². The molecular weight excluding hydrogens is 304 g/mol. The molecule has 0 aliphatic carbocycles. The van der Waals surface area contributed by atoms with Crippen molar-refractivity contribution in [1.29, 1.82) is 0 Å². The molecular formula is C15H18N2O4S. The van der Waals surface area contributed by atoms with E-state index in [1.807, 2.05) is 0 Å². The van der Waals surface area contributed by atoms with Gasteiger partial charge in [0, 0.05) is 11.2 Å². The first kappa shape index (κ1) is 16.3. The molecule has 0 fully saturated rings. The molecule has 0 aliphatic rings. The van der Waals surface area contributed by atoms with Crippen LogP contribution >= 0.6 is 0 Å². The van der Waals surface area contributed by atoms with E-state index in [-0.39, 0.29) is 10.7 Å². The van der Waals surface area contributed by atoms with Crippen LogP contribution in [-0.2, 0) is 10.0 Å². The maximum absolute atomic E-state index is 12.3. The van der Waals surface area contributed by atoms with Gasteiger partial charge in [-0.1, -0.05) is 6.07 Å². The zero-order valence-electron chi connectivity index (χ0n) is 12.6. The van der Waals surface area contributed by atoms with E-state index in [1.54, 1.807) is 39.0 Å². The summed E-state index contributed by atoms with van der Waals surface area (Å²) in [6.45, 7) is 5.27. The maximum Gasteiger partial charge on any atom is 0.291 e. The van der Waals surface area contributed by atoms with Gasteiger partial charge in [-0.3, -0.25) is 4.79 Å². The molecule has 1 heterocycles. The lowest BCUT2D eigenvalue weighted by atomic mass is 10.1. The van der Waals surface area contributed by atoms with Gasteiger partial charge in [-0.25, -0.2) is 13.1 Å². The molecule has 7 heteroatoms. The number of anilines is 1. The molecule has 1 aromatic heterocycles. The Morgan fingerprint density at radius 3 is 2.45 bits per heavy atom. The van der Waals surface area contributed by atoms with Gasteiger partial charge >= 0.3 is 0 Å². The van der Waals surface area contributed by atoms with Crippen LogP contribution in [0.15, 0.2) is 52.0 Å². The number of amides is 1. The van der Waals surface area contributed by atoms with E-state index in [0.29, 0.717) is 5.69 Å². The average Bonchev–Trinajstić information content (AvgIpc) is 2.90. The van der Waals surface area contributed by atoms with Gasteiger partial charge in [-0.05, 0) is 51.1 Å². The van der Waals surface area contributed by atoms with Crippen LogP contribution in [0.5, 0.6) is 0 Å². The van der Waals surface area contributed by atoms with E-state index in [4.69, 9.17) is 4.42 Å². The predicted octanol–water partition coefficient (Wildman–Crippen LogP) is 2.61. The maximum atomic E-state index is 12.3. The first-order chi connectivity index (χ1) is 10.2. The Bertz CT molecular complexity index is 759. The molecule has 1 amide bonds. The summed E-state index contributed by atoms with van der Waals surface area (Å²) in [6.07, 6.45) is 1.39. The van der Waals surface area contributed by atoms with E-state index in [9.17, 15) is 13.2 Å². The molecule has 22 heavy (non-hydrogen) atoms. The number of rotatable bonds is 4. The fourth-order valence-corrected chi connectivity index (χ4v) is 3.27. The second-order valence-electron chi connectivity index (χ2n) is 5.81. The number of nitrogens with one attached hydrogen (secondary N) is 2. The summed E-state index contributed by atoms with van der Waals surface area (Å²) < 4.78 is 32.1. The van der Waals surface area contributed by atoms with Crippen molar-refractivity contribution in [3.8, 4) is 0 Å². The molecule has 0 saturated carbocycles. The SMILES string of the molecule is CC(C)(C)NS(=O)(=O)c1cccc(NC(=O)c2ccco2)c1. The van der Waals surface area contributed by atoms with Crippen molar-refractivity contribution in [2.75, 3.05) is 5.32 Å². The number of sulfonamides is 1. The highest BCUT2D eigenvalue weighted by atomic mass is 32.2. The van der Waals surface area contributed by atoms with Gasteiger partial charge < -0.3 is 9.73 Å². The topological polar surface area (TPSA) is 88.4 Å². The van der Waals surface area contributed by atoms with Crippen molar-refractivity contribution >= 4 is 21.6 Å². The molecule has 6 nitrogen and oxygen atoms in total. The lowest BCUT2D eigenvalue weighted by Crippen LogP contribution is -2.40. The van der Waals surface area contributed by atoms with Crippen molar-refractivity contribution in [3.05, 3.63) is 48.4 Å². The van der Waals surface area contributed by atoms with Crippen LogP contribution in [0.3, 0.4) is 0 Å². The molecule has 118 valence electrons. The first-order valence-corrected chi connectivity index (χ1v) is 8.15. The van der Waals surface area contributed by atoms with Gasteiger partial charge in [-0.2, -0.15) is 0 Å². The minimum Gasteiger partial charge on any atom is -0.459 e. The van der Waals surface area contributed by atoms with Crippen LogP contribution in [0.2, 0.25) is 0 Å². The number of carbonyl (C=O) groups excluding carboxylic acids is 1. The number of carbonyl (C=O) groups is 1. The highest BCUT2D eigenvalue weighted by Gasteiger charge is 2.22. The molecule has 0 radical (unpaired) electrons. The largest absolute Gasteiger partial charge is 0.459 e. The highest BCUT2D eigenvalue weighted by Crippen LogP contribution is 2.18. The normalized spacial score (nSPS) is 12.1. The smallest absolute Gasteiger partial charge is 0.291 e. The van der Waals surface area contributed by atoms with Gasteiger partial charge in [0.1, 0.15) is 0 Å². The molecule has 0 bridgehead atoms. The third kappa shape index (κ3) is 4.19. The molecule has 0 atom stereocenters. The Kier molecular flexibility index (Phi) is 4.39. The van der Waals surface area contributed by atoms with Crippen molar-refractivity contribution < 1.29 is 17.6 Å². The van der Waals surface area contributed by atoms with Crippen LogP contribution in [0.25, 0.3) is 0 Å². The Labute approximate surface area is 129 Å². The third-order valence-electron chi connectivity index (χ3n) is 2.59. The third-order valence-corrected chi connectivity index (χ3v) is 4.34. The fraction of sp³-hybridized carbons (Fsp3) is 0.267. The van der Waals surface area contributed by atoms with Gasteiger partial charge in [0.05, 0.1) is 11.2 Å². The Morgan fingerprint density at radius 1 is 1.14 bits per heavy atom. The van der Waals surface area contributed by atoms with Crippen molar-refractivity contribution in [3.63, 3.8) is 0 Å². The molecule has 2 aromatic rings. The molecule has 2 N–H and O–H groups in total.